The highest BCUT2D eigenvalue weighted by molar-refractivity contribution is 5.85. The van der Waals surface area contributed by atoms with E-state index in [1.807, 2.05) is 25.2 Å². The fraction of sp³-hybridized carbons (Fsp3) is 0.500. The number of furan rings is 1. The summed E-state index contributed by atoms with van der Waals surface area (Å²) in [6, 6.07) is 8.67. The normalized spacial score (nSPS) is 19.4. The van der Waals surface area contributed by atoms with Crippen LogP contribution in [0.25, 0.3) is 11.0 Å². The third-order valence-electron chi connectivity index (χ3n) is 4.07. The SMILES string of the molecule is CNC1CCCN(Cc2cc3cc(OC)ccc3o2)C1.Cl. The monoisotopic (exact) mass is 310 g/mol. The zero-order valence-corrected chi connectivity index (χ0v) is 13.4. The fourth-order valence-corrected chi connectivity index (χ4v) is 2.94. The number of hydrogen-bond donors (Lipinski definition) is 1. The summed E-state index contributed by atoms with van der Waals surface area (Å²) in [5, 5.41) is 4.49. The molecule has 1 aliphatic heterocycles. The second kappa shape index (κ2) is 7.16. The lowest BCUT2D eigenvalue weighted by Gasteiger charge is -2.31. The fourth-order valence-electron chi connectivity index (χ4n) is 2.94. The first kappa shape index (κ1) is 16.1. The van der Waals surface area contributed by atoms with Crippen molar-refractivity contribution in [2.45, 2.75) is 25.4 Å². The van der Waals surface area contributed by atoms with E-state index in [2.05, 4.69) is 16.3 Å². The van der Waals surface area contributed by atoms with Gasteiger partial charge in [0.05, 0.1) is 13.7 Å². The zero-order chi connectivity index (χ0) is 13.9. The molecule has 0 saturated carbocycles. The van der Waals surface area contributed by atoms with Gasteiger partial charge in [0, 0.05) is 18.0 Å². The van der Waals surface area contributed by atoms with Crippen LogP contribution in [0.1, 0.15) is 18.6 Å². The highest BCUT2D eigenvalue weighted by atomic mass is 35.5. The Morgan fingerprint density at radius 2 is 2.24 bits per heavy atom. The van der Waals surface area contributed by atoms with Gasteiger partial charge in [-0.05, 0) is 50.7 Å². The number of likely N-dealkylation sites (N-methyl/N-ethyl adjacent to an activating group) is 1. The Morgan fingerprint density at radius 3 is 3.00 bits per heavy atom. The molecule has 0 spiro atoms. The molecule has 1 aromatic heterocycles. The highest BCUT2D eigenvalue weighted by Gasteiger charge is 2.19. The number of likely N-dealkylation sites (tertiary alicyclic amines) is 1. The van der Waals surface area contributed by atoms with Crippen LogP contribution in [0.5, 0.6) is 5.75 Å². The number of rotatable bonds is 4. The summed E-state index contributed by atoms with van der Waals surface area (Å²) < 4.78 is 11.2. The van der Waals surface area contributed by atoms with Crippen molar-refractivity contribution in [1.82, 2.24) is 10.2 Å². The molecule has 5 heteroatoms. The maximum Gasteiger partial charge on any atom is 0.134 e. The van der Waals surface area contributed by atoms with Gasteiger partial charge in [0.25, 0.3) is 0 Å². The third kappa shape index (κ3) is 3.70. The molecule has 21 heavy (non-hydrogen) atoms. The topological polar surface area (TPSA) is 37.6 Å². The lowest BCUT2D eigenvalue weighted by atomic mass is 10.1. The summed E-state index contributed by atoms with van der Waals surface area (Å²) in [6.07, 6.45) is 2.52. The van der Waals surface area contributed by atoms with Crippen molar-refractivity contribution >= 4 is 23.4 Å². The van der Waals surface area contributed by atoms with Crippen LogP contribution in [0.15, 0.2) is 28.7 Å². The molecule has 0 bridgehead atoms. The number of hydrogen-bond acceptors (Lipinski definition) is 4. The number of ether oxygens (including phenoxy) is 1. The van der Waals surface area contributed by atoms with Crippen LogP contribution in [0, 0.1) is 0 Å². The number of fused-ring (bicyclic) bond motifs is 1. The van der Waals surface area contributed by atoms with Gasteiger partial charge >= 0.3 is 0 Å². The first-order valence-electron chi connectivity index (χ1n) is 7.24. The Bertz CT molecular complexity index is 585. The van der Waals surface area contributed by atoms with Gasteiger partial charge in [-0.2, -0.15) is 0 Å². The minimum atomic E-state index is 0. The average molecular weight is 311 g/mol. The van der Waals surface area contributed by atoms with Gasteiger partial charge in [-0.1, -0.05) is 0 Å². The molecule has 0 radical (unpaired) electrons. The largest absolute Gasteiger partial charge is 0.497 e. The van der Waals surface area contributed by atoms with E-state index in [0.29, 0.717) is 6.04 Å². The Hall–Kier alpha value is -1.23. The van der Waals surface area contributed by atoms with E-state index in [-0.39, 0.29) is 12.4 Å². The minimum Gasteiger partial charge on any atom is -0.497 e. The maximum atomic E-state index is 5.92. The molecule has 1 aliphatic rings. The molecule has 0 amide bonds. The van der Waals surface area contributed by atoms with Gasteiger partial charge in [0.1, 0.15) is 17.1 Å². The molecule has 1 aromatic carbocycles. The van der Waals surface area contributed by atoms with E-state index in [4.69, 9.17) is 9.15 Å². The highest BCUT2D eigenvalue weighted by Crippen LogP contribution is 2.25. The summed E-state index contributed by atoms with van der Waals surface area (Å²) in [6.45, 7) is 3.13. The Morgan fingerprint density at radius 1 is 1.38 bits per heavy atom. The number of methoxy groups -OCH3 is 1. The van der Waals surface area contributed by atoms with Gasteiger partial charge in [-0.15, -0.1) is 12.4 Å². The lowest BCUT2D eigenvalue weighted by molar-refractivity contribution is 0.177. The second-order valence-corrected chi connectivity index (χ2v) is 5.48. The van der Waals surface area contributed by atoms with Gasteiger partial charge in [-0.25, -0.2) is 0 Å². The molecule has 4 nitrogen and oxygen atoms in total. The molecular formula is C16H23ClN2O2. The Kier molecular flexibility index (Phi) is 5.51. The molecule has 1 fully saturated rings. The van der Waals surface area contributed by atoms with E-state index in [0.717, 1.165) is 42.1 Å². The maximum absolute atomic E-state index is 5.92. The standard InChI is InChI=1S/C16H22N2O2.ClH/c1-17-13-4-3-7-18(10-13)11-15-9-12-8-14(19-2)5-6-16(12)20-15;/h5-6,8-9,13,17H,3-4,7,10-11H2,1-2H3;1H. The summed E-state index contributed by atoms with van der Waals surface area (Å²) in [7, 11) is 3.73. The average Bonchev–Trinajstić information content (AvgIpc) is 2.88. The Balaban J connectivity index is 0.00000161. The smallest absolute Gasteiger partial charge is 0.134 e. The summed E-state index contributed by atoms with van der Waals surface area (Å²) >= 11 is 0. The number of benzene rings is 1. The molecule has 1 saturated heterocycles. The van der Waals surface area contributed by atoms with Gasteiger partial charge in [0.15, 0.2) is 0 Å². The molecular weight excluding hydrogens is 288 g/mol. The van der Waals surface area contributed by atoms with Crippen LogP contribution in [0.2, 0.25) is 0 Å². The van der Waals surface area contributed by atoms with E-state index < -0.39 is 0 Å². The molecule has 116 valence electrons. The van der Waals surface area contributed by atoms with E-state index in [9.17, 15) is 0 Å². The summed E-state index contributed by atoms with van der Waals surface area (Å²) in [5.74, 6) is 1.91. The van der Waals surface area contributed by atoms with Crippen LogP contribution in [0.4, 0.5) is 0 Å². The quantitative estimate of drug-likeness (QED) is 0.942. The first-order chi connectivity index (χ1) is 9.78. The van der Waals surface area contributed by atoms with E-state index in [1.54, 1.807) is 7.11 Å². The first-order valence-corrected chi connectivity index (χ1v) is 7.24. The molecule has 2 aromatic rings. The molecule has 1 N–H and O–H groups in total. The zero-order valence-electron chi connectivity index (χ0n) is 12.6. The van der Waals surface area contributed by atoms with Crippen LogP contribution in [-0.4, -0.2) is 38.2 Å². The second-order valence-electron chi connectivity index (χ2n) is 5.48. The molecule has 3 rings (SSSR count). The minimum absolute atomic E-state index is 0. The summed E-state index contributed by atoms with van der Waals surface area (Å²) in [5.41, 5.74) is 0.933. The van der Waals surface area contributed by atoms with Crippen molar-refractivity contribution in [2.24, 2.45) is 0 Å². The van der Waals surface area contributed by atoms with Crippen molar-refractivity contribution in [2.75, 3.05) is 27.2 Å². The van der Waals surface area contributed by atoms with Crippen molar-refractivity contribution in [1.29, 1.82) is 0 Å². The van der Waals surface area contributed by atoms with Crippen molar-refractivity contribution in [3.8, 4) is 5.75 Å². The van der Waals surface area contributed by atoms with Gasteiger partial charge in [0.2, 0.25) is 0 Å². The number of nitrogens with zero attached hydrogens (tertiary/aromatic N) is 1. The predicted octanol–water partition coefficient (Wildman–Crippen LogP) is 3.05. The summed E-state index contributed by atoms with van der Waals surface area (Å²) in [4.78, 5) is 2.46. The van der Waals surface area contributed by atoms with Crippen molar-refractivity contribution in [3.05, 3.63) is 30.0 Å². The molecule has 1 unspecified atom stereocenters. The van der Waals surface area contributed by atoms with Crippen molar-refractivity contribution < 1.29 is 9.15 Å². The molecule has 2 heterocycles. The number of nitrogens with one attached hydrogen (secondary N) is 1. The lowest BCUT2D eigenvalue weighted by Crippen LogP contribution is -2.43. The molecule has 1 atom stereocenters. The van der Waals surface area contributed by atoms with Gasteiger partial charge in [-0.3, -0.25) is 4.90 Å². The van der Waals surface area contributed by atoms with Crippen LogP contribution in [0.3, 0.4) is 0 Å². The van der Waals surface area contributed by atoms with Crippen LogP contribution < -0.4 is 10.1 Å². The van der Waals surface area contributed by atoms with Gasteiger partial charge < -0.3 is 14.5 Å². The van der Waals surface area contributed by atoms with E-state index >= 15 is 0 Å². The number of halogens is 1. The van der Waals surface area contributed by atoms with Crippen LogP contribution in [-0.2, 0) is 6.54 Å². The Labute approximate surface area is 131 Å². The van der Waals surface area contributed by atoms with Crippen molar-refractivity contribution in [3.63, 3.8) is 0 Å². The predicted molar refractivity (Wildman–Crippen MR) is 87.4 cm³/mol. The third-order valence-corrected chi connectivity index (χ3v) is 4.07. The number of piperidine rings is 1. The van der Waals surface area contributed by atoms with Crippen LogP contribution >= 0.6 is 12.4 Å². The van der Waals surface area contributed by atoms with E-state index in [1.165, 1.54) is 12.8 Å². The molecule has 0 aliphatic carbocycles.